The highest BCUT2D eigenvalue weighted by atomic mass is 32.1. The first-order valence-electron chi connectivity index (χ1n) is 8.78. The van der Waals surface area contributed by atoms with Crippen molar-refractivity contribution in [3.8, 4) is 0 Å². The van der Waals surface area contributed by atoms with Crippen molar-refractivity contribution in [1.82, 2.24) is 10.2 Å². The van der Waals surface area contributed by atoms with Crippen LogP contribution in [-0.2, 0) is 11.2 Å². The van der Waals surface area contributed by atoms with E-state index in [0.29, 0.717) is 5.13 Å². The van der Waals surface area contributed by atoms with E-state index >= 15 is 0 Å². The van der Waals surface area contributed by atoms with Crippen molar-refractivity contribution in [2.24, 2.45) is 5.92 Å². The normalized spacial score (nSPS) is 20.9. The minimum absolute atomic E-state index is 0.143. The second-order valence-electron chi connectivity index (χ2n) is 6.64. The van der Waals surface area contributed by atoms with E-state index in [1.54, 1.807) is 16.2 Å². The first-order valence-corrected chi connectivity index (χ1v) is 9.60. The molecule has 0 bridgehead atoms. The zero-order valence-electron chi connectivity index (χ0n) is 13.3. The summed E-state index contributed by atoms with van der Waals surface area (Å²) in [7, 11) is 0. The molecule has 1 aliphatic heterocycles. The Morgan fingerprint density at radius 1 is 1.09 bits per heavy atom. The lowest BCUT2D eigenvalue weighted by Crippen LogP contribution is -3.13. The number of amides is 1. The van der Waals surface area contributed by atoms with Gasteiger partial charge in [0.15, 0.2) is 0 Å². The van der Waals surface area contributed by atoms with Gasteiger partial charge >= 0.3 is 0 Å². The number of likely N-dealkylation sites (tertiary alicyclic amines) is 1. The first kappa shape index (κ1) is 15.9. The largest absolute Gasteiger partial charge is 0.335 e. The number of nitrogens with zero attached hydrogens (tertiary/aromatic N) is 2. The number of aromatic nitrogens is 2. The molecular weight excluding hydrogens is 296 g/mol. The zero-order valence-corrected chi connectivity index (χ0v) is 14.1. The smallest absolute Gasteiger partial charge is 0.229 e. The SMILES string of the molecule is O=C(Nc1nnc(CC[NH+]2CCCCC2)s1)C1CCCCC1. The fourth-order valence-corrected chi connectivity index (χ4v) is 4.31. The Kier molecular flexibility index (Phi) is 5.78. The third-order valence-electron chi connectivity index (χ3n) is 4.93. The molecule has 1 aromatic rings. The second kappa shape index (κ2) is 8.02. The van der Waals surface area contributed by atoms with Crippen LogP contribution < -0.4 is 10.2 Å². The monoisotopic (exact) mass is 323 g/mol. The number of nitrogens with one attached hydrogen (secondary N) is 2. The minimum Gasteiger partial charge on any atom is -0.335 e. The molecule has 1 amide bonds. The van der Waals surface area contributed by atoms with Gasteiger partial charge in [-0.2, -0.15) is 0 Å². The molecule has 2 heterocycles. The molecule has 122 valence electrons. The molecule has 22 heavy (non-hydrogen) atoms. The van der Waals surface area contributed by atoms with Crippen molar-refractivity contribution in [3.63, 3.8) is 0 Å². The first-order chi connectivity index (χ1) is 10.8. The van der Waals surface area contributed by atoms with Gasteiger partial charge in [0, 0.05) is 5.92 Å². The number of hydrogen-bond donors (Lipinski definition) is 2. The highest BCUT2D eigenvalue weighted by Crippen LogP contribution is 2.25. The van der Waals surface area contributed by atoms with Crippen LogP contribution in [0, 0.1) is 5.92 Å². The van der Waals surface area contributed by atoms with Gasteiger partial charge in [-0.25, -0.2) is 0 Å². The molecule has 1 aliphatic carbocycles. The summed E-state index contributed by atoms with van der Waals surface area (Å²) in [5, 5.41) is 13.1. The summed E-state index contributed by atoms with van der Waals surface area (Å²) in [6.45, 7) is 3.74. The van der Waals surface area contributed by atoms with Crippen molar-refractivity contribution < 1.29 is 9.69 Å². The van der Waals surface area contributed by atoms with Gasteiger partial charge in [0.25, 0.3) is 0 Å². The quantitative estimate of drug-likeness (QED) is 0.866. The van der Waals surface area contributed by atoms with Crippen LogP contribution in [-0.4, -0.2) is 35.7 Å². The summed E-state index contributed by atoms with van der Waals surface area (Å²) < 4.78 is 0. The zero-order chi connectivity index (χ0) is 15.2. The summed E-state index contributed by atoms with van der Waals surface area (Å²) in [5.74, 6) is 0.322. The lowest BCUT2D eigenvalue weighted by molar-refractivity contribution is -0.904. The minimum atomic E-state index is 0.143. The van der Waals surface area contributed by atoms with Crippen molar-refractivity contribution in [2.45, 2.75) is 57.8 Å². The molecule has 0 unspecified atom stereocenters. The van der Waals surface area contributed by atoms with Crippen LogP contribution >= 0.6 is 11.3 Å². The summed E-state index contributed by atoms with van der Waals surface area (Å²) >= 11 is 1.55. The van der Waals surface area contributed by atoms with Gasteiger partial charge in [0.2, 0.25) is 11.0 Å². The number of carbonyl (C=O) groups is 1. The Bertz CT molecular complexity index is 478. The van der Waals surface area contributed by atoms with Gasteiger partial charge in [-0.05, 0) is 32.1 Å². The van der Waals surface area contributed by atoms with Gasteiger partial charge in [0.05, 0.1) is 26.1 Å². The Hall–Kier alpha value is -1.01. The van der Waals surface area contributed by atoms with Crippen molar-refractivity contribution >= 4 is 22.4 Å². The lowest BCUT2D eigenvalue weighted by Gasteiger charge is -2.22. The second-order valence-corrected chi connectivity index (χ2v) is 7.70. The Morgan fingerprint density at radius 2 is 1.82 bits per heavy atom. The van der Waals surface area contributed by atoms with E-state index < -0.39 is 0 Å². The molecule has 0 spiro atoms. The van der Waals surface area contributed by atoms with Crippen LogP contribution in [0.2, 0.25) is 0 Å². The molecule has 2 fully saturated rings. The van der Waals surface area contributed by atoms with Crippen molar-refractivity contribution in [1.29, 1.82) is 0 Å². The van der Waals surface area contributed by atoms with Gasteiger partial charge in [0.1, 0.15) is 5.01 Å². The molecule has 0 aromatic carbocycles. The fraction of sp³-hybridized carbons (Fsp3) is 0.812. The highest BCUT2D eigenvalue weighted by Gasteiger charge is 2.22. The number of hydrogen-bond acceptors (Lipinski definition) is 4. The maximum Gasteiger partial charge on any atom is 0.229 e. The highest BCUT2D eigenvalue weighted by molar-refractivity contribution is 7.15. The molecule has 6 heteroatoms. The average molecular weight is 323 g/mol. The van der Waals surface area contributed by atoms with Crippen molar-refractivity contribution in [2.75, 3.05) is 25.0 Å². The van der Waals surface area contributed by atoms with E-state index in [-0.39, 0.29) is 11.8 Å². The van der Waals surface area contributed by atoms with E-state index in [1.807, 2.05) is 0 Å². The topological polar surface area (TPSA) is 59.3 Å². The third kappa shape index (κ3) is 4.49. The van der Waals surface area contributed by atoms with Crippen LogP contribution in [0.1, 0.15) is 56.4 Å². The summed E-state index contributed by atoms with van der Waals surface area (Å²) in [6.07, 6.45) is 10.8. The third-order valence-corrected chi connectivity index (χ3v) is 5.82. The summed E-state index contributed by atoms with van der Waals surface area (Å²) in [5.41, 5.74) is 0. The Labute approximate surface area is 136 Å². The molecule has 3 rings (SSSR count). The van der Waals surface area contributed by atoms with Crippen LogP contribution in [0.15, 0.2) is 0 Å². The maximum atomic E-state index is 12.2. The number of rotatable bonds is 5. The van der Waals surface area contributed by atoms with E-state index in [2.05, 4.69) is 15.5 Å². The molecular formula is C16H27N4OS+. The summed E-state index contributed by atoms with van der Waals surface area (Å²) in [6, 6.07) is 0. The predicted molar refractivity (Wildman–Crippen MR) is 88.2 cm³/mol. The Balaban J connectivity index is 1.45. The average Bonchev–Trinajstić information content (AvgIpc) is 3.02. The standard InChI is InChI=1S/C16H26N4OS/c21-15(13-7-3-1-4-8-13)17-16-19-18-14(22-16)9-12-20-10-5-2-6-11-20/h13H,1-12H2,(H,17,19,21)/p+1. The van der Waals surface area contributed by atoms with Crippen molar-refractivity contribution in [3.05, 3.63) is 5.01 Å². The van der Waals surface area contributed by atoms with Gasteiger partial charge in [-0.3, -0.25) is 4.79 Å². The molecule has 5 nitrogen and oxygen atoms in total. The van der Waals surface area contributed by atoms with E-state index in [1.165, 1.54) is 51.6 Å². The number of anilines is 1. The van der Waals surface area contributed by atoms with Crippen LogP contribution in [0.4, 0.5) is 5.13 Å². The fourth-order valence-electron chi connectivity index (χ4n) is 3.56. The summed E-state index contributed by atoms with van der Waals surface area (Å²) in [4.78, 5) is 13.9. The van der Waals surface area contributed by atoms with Crippen LogP contribution in [0.25, 0.3) is 0 Å². The van der Waals surface area contributed by atoms with E-state index in [0.717, 1.165) is 30.8 Å². The number of quaternary nitrogens is 1. The Morgan fingerprint density at radius 3 is 2.59 bits per heavy atom. The molecule has 1 aromatic heterocycles. The molecule has 0 radical (unpaired) electrons. The molecule has 1 saturated heterocycles. The predicted octanol–water partition coefficient (Wildman–Crippen LogP) is 1.67. The molecule has 0 atom stereocenters. The molecule has 2 N–H and O–H groups in total. The molecule has 1 saturated carbocycles. The molecule has 2 aliphatic rings. The van der Waals surface area contributed by atoms with Gasteiger partial charge < -0.3 is 10.2 Å². The maximum absolute atomic E-state index is 12.2. The number of carbonyl (C=O) groups excluding carboxylic acids is 1. The van der Waals surface area contributed by atoms with Gasteiger partial charge in [-0.15, -0.1) is 10.2 Å². The van der Waals surface area contributed by atoms with E-state index in [4.69, 9.17) is 0 Å². The number of piperidine rings is 1. The lowest BCUT2D eigenvalue weighted by atomic mass is 9.89. The van der Waals surface area contributed by atoms with Crippen LogP contribution in [0.3, 0.4) is 0 Å². The van der Waals surface area contributed by atoms with Gasteiger partial charge in [-0.1, -0.05) is 30.6 Å². The van der Waals surface area contributed by atoms with Crippen LogP contribution in [0.5, 0.6) is 0 Å². The van der Waals surface area contributed by atoms with E-state index in [9.17, 15) is 4.79 Å².